The molecule has 0 spiro atoms. The molecule has 0 aliphatic rings. The number of tetrazole rings is 1. The lowest BCUT2D eigenvalue weighted by Crippen LogP contribution is -2.08. The van der Waals surface area contributed by atoms with Crippen molar-refractivity contribution < 1.29 is 17.4 Å². The Kier molecular flexibility index (Phi) is 3.59. The van der Waals surface area contributed by atoms with Crippen LogP contribution in [0.5, 0.6) is 0 Å². The zero-order chi connectivity index (χ0) is 14.2. The normalized spacial score (nSPS) is 13.5. The summed E-state index contributed by atoms with van der Waals surface area (Å²) in [5.41, 5.74) is -0.752. The van der Waals surface area contributed by atoms with Gasteiger partial charge in [-0.3, -0.25) is 4.21 Å². The first-order valence-corrected chi connectivity index (χ1v) is 6.73. The van der Waals surface area contributed by atoms with Crippen LogP contribution in [0.1, 0.15) is 5.56 Å². The van der Waals surface area contributed by atoms with E-state index in [1.807, 2.05) is 0 Å². The van der Waals surface area contributed by atoms with Crippen LogP contribution in [-0.4, -0.2) is 30.7 Å². The number of hydrogen-bond acceptors (Lipinski definition) is 4. The van der Waals surface area contributed by atoms with Crippen LogP contribution in [0, 0.1) is 0 Å². The molecule has 102 valence electrons. The Balaban J connectivity index is 2.53. The van der Waals surface area contributed by atoms with Gasteiger partial charge >= 0.3 is 6.18 Å². The van der Waals surface area contributed by atoms with Gasteiger partial charge in [0.05, 0.1) is 27.1 Å². The molecule has 2 aromatic rings. The fourth-order valence-electron chi connectivity index (χ4n) is 1.36. The third-order valence-electron chi connectivity index (χ3n) is 2.20. The summed E-state index contributed by atoms with van der Waals surface area (Å²) in [6.07, 6.45) is -3.14. The van der Waals surface area contributed by atoms with Crippen molar-refractivity contribution >= 4 is 22.4 Å². The molecular weight excluding hydrogens is 305 g/mol. The van der Waals surface area contributed by atoms with E-state index in [4.69, 9.17) is 11.6 Å². The van der Waals surface area contributed by atoms with Crippen molar-refractivity contribution in [1.29, 1.82) is 0 Å². The first kappa shape index (κ1) is 13.9. The topological polar surface area (TPSA) is 60.7 Å². The second kappa shape index (κ2) is 4.89. The molecule has 0 bridgehead atoms. The quantitative estimate of drug-likeness (QED) is 0.852. The number of halogens is 4. The lowest BCUT2D eigenvalue weighted by molar-refractivity contribution is -0.137. The summed E-state index contributed by atoms with van der Waals surface area (Å²) in [5, 5.41) is 10.2. The van der Waals surface area contributed by atoms with E-state index >= 15 is 0 Å². The summed E-state index contributed by atoms with van der Waals surface area (Å²) >= 11 is 5.79. The van der Waals surface area contributed by atoms with Gasteiger partial charge in [-0.2, -0.15) is 17.9 Å². The van der Waals surface area contributed by atoms with Crippen LogP contribution in [0.4, 0.5) is 13.2 Å². The number of alkyl halides is 3. The molecule has 0 fully saturated rings. The molecule has 1 heterocycles. The minimum absolute atomic E-state index is 0.00154. The van der Waals surface area contributed by atoms with Crippen LogP contribution >= 0.6 is 11.6 Å². The molecule has 1 aromatic carbocycles. The van der Waals surface area contributed by atoms with Crippen LogP contribution in [0.2, 0.25) is 5.02 Å². The molecule has 2 rings (SSSR count). The van der Waals surface area contributed by atoms with Crippen molar-refractivity contribution in [3.05, 3.63) is 28.8 Å². The first-order valence-electron chi connectivity index (χ1n) is 4.79. The Morgan fingerprint density at radius 1 is 1.37 bits per heavy atom. The molecule has 0 radical (unpaired) electrons. The van der Waals surface area contributed by atoms with Crippen LogP contribution < -0.4 is 0 Å². The summed E-state index contributed by atoms with van der Waals surface area (Å²) in [5.74, 6) is 0. The third kappa shape index (κ3) is 2.76. The van der Waals surface area contributed by atoms with Crippen molar-refractivity contribution in [3.63, 3.8) is 0 Å². The smallest absolute Gasteiger partial charge is 0.251 e. The zero-order valence-corrected chi connectivity index (χ0v) is 10.9. The number of benzene rings is 1. The zero-order valence-electron chi connectivity index (χ0n) is 9.35. The van der Waals surface area contributed by atoms with Crippen molar-refractivity contribution in [2.24, 2.45) is 0 Å². The second-order valence-electron chi connectivity index (χ2n) is 3.49. The Morgan fingerprint density at radius 3 is 2.58 bits per heavy atom. The fourth-order valence-corrected chi connectivity index (χ4v) is 2.15. The van der Waals surface area contributed by atoms with Gasteiger partial charge in [0.15, 0.2) is 0 Å². The highest BCUT2D eigenvalue weighted by Gasteiger charge is 2.31. The van der Waals surface area contributed by atoms with E-state index in [1.165, 1.54) is 6.26 Å². The molecular formula is C9H6ClF3N4OS. The molecule has 0 saturated carbocycles. The van der Waals surface area contributed by atoms with Crippen molar-refractivity contribution in [1.82, 2.24) is 20.2 Å². The number of aromatic nitrogens is 4. The molecule has 0 N–H and O–H groups in total. The summed E-state index contributed by atoms with van der Waals surface area (Å²) < 4.78 is 49.9. The van der Waals surface area contributed by atoms with Crippen LogP contribution in [-0.2, 0) is 17.0 Å². The van der Waals surface area contributed by atoms with Gasteiger partial charge in [0.1, 0.15) is 0 Å². The van der Waals surface area contributed by atoms with Gasteiger partial charge in [-0.15, -0.1) is 0 Å². The highest BCUT2D eigenvalue weighted by molar-refractivity contribution is 7.84. The molecule has 0 amide bonds. The molecule has 1 atom stereocenters. The minimum Gasteiger partial charge on any atom is -0.251 e. The Morgan fingerprint density at radius 2 is 2.05 bits per heavy atom. The Hall–Kier alpha value is -1.48. The minimum atomic E-state index is -4.49. The summed E-state index contributed by atoms with van der Waals surface area (Å²) in [4.78, 5) is 0. The maximum absolute atomic E-state index is 12.5. The van der Waals surface area contributed by atoms with Crippen molar-refractivity contribution in [3.8, 4) is 5.69 Å². The number of rotatable bonds is 2. The molecule has 5 nitrogen and oxygen atoms in total. The largest absolute Gasteiger partial charge is 0.416 e. The van der Waals surface area contributed by atoms with E-state index in [0.29, 0.717) is 0 Å². The van der Waals surface area contributed by atoms with Crippen LogP contribution in [0.25, 0.3) is 5.69 Å². The van der Waals surface area contributed by atoms with Gasteiger partial charge in [-0.25, -0.2) is 0 Å². The van der Waals surface area contributed by atoms with Crippen molar-refractivity contribution in [2.45, 2.75) is 11.3 Å². The summed E-state index contributed by atoms with van der Waals surface area (Å²) in [6, 6.07) is 2.74. The van der Waals surface area contributed by atoms with Gasteiger partial charge in [0, 0.05) is 6.26 Å². The second-order valence-corrected chi connectivity index (χ2v) is 5.17. The predicted octanol–water partition coefficient (Wildman–Crippen LogP) is 2.07. The van der Waals surface area contributed by atoms with Gasteiger partial charge in [0.2, 0.25) is 5.16 Å². The number of nitrogens with zero attached hydrogens (tertiary/aromatic N) is 4. The van der Waals surface area contributed by atoms with Crippen molar-refractivity contribution in [2.75, 3.05) is 6.26 Å². The van der Waals surface area contributed by atoms with Gasteiger partial charge in [-0.05, 0) is 28.6 Å². The van der Waals surface area contributed by atoms with E-state index in [1.54, 1.807) is 0 Å². The molecule has 0 aliphatic heterocycles. The maximum Gasteiger partial charge on any atom is 0.416 e. The maximum atomic E-state index is 12.5. The van der Waals surface area contributed by atoms with Crippen LogP contribution in [0.3, 0.4) is 0 Å². The molecule has 1 unspecified atom stereocenters. The van der Waals surface area contributed by atoms with Crippen LogP contribution in [0.15, 0.2) is 23.4 Å². The first-order chi connectivity index (χ1) is 8.80. The summed E-state index contributed by atoms with van der Waals surface area (Å²) in [6.45, 7) is 0. The molecule has 0 saturated heterocycles. The van der Waals surface area contributed by atoms with E-state index in [0.717, 1.165) is 22.9 Å². The van der Waals surface area contributed by atoms with E-state index in [2.05, 4.69) is 15.5 Å². The fraction of sp³-hybridized carbons (Fsp3) is 0.222. The standard InChI is InChI=1S/C9H6ClF3N4OS/c1-19(18)8-14-15-16-17(8)7-3-2-5(4-6(7)10)9(11,12)13/h2-4H,1H3. The van der Waals surface area contributed by atoms with Gasteiger partial charge < -0.3 is 0 Å². The highest BCUT2D eigenvalue weighted by Crippen LogP contribution is 2.33. The van der Waals surface area contributed by atoms with E-state index in [9.17, 15) is 17.4 Å². The SMILES string of the molecule is CS(=O)c1nnnn1-c1ccc(C(F)(F)F)cc1Cl. The average molecular weight is 311 g/mol. The summed E-state index contributed by atoms with van der Waals surface area (Å²) in [7, 11) is -1.49. The average Bonchev–Trinajstić information content (AvgIpc) is 2.76. The molecule has 10 heteroatoms. The van der Waals surface area contributed by atoms with E-state index < -0.39 is 22.5 Å². The Bertz CT molecular complexity index is 643. The highest BCUT2D eigenvalue weighted by atomic mass is 35.5. The van der Waals surface area contributed by atoms with Gasteiger partial charge in [-0.1, -0.05) is 16.7 Å². The van der Waals surface area contributed by atoms with E-state index in [-0.39, 0.29) is 15.9 Å². The monoisotopic (exact) mass is 310 g/mol. The third-order valence-corrected chi connectivity index (χ3v) is 3.27. The lowest BCUT2D eigenvalue weighted by atomic mass is 10.2. The lowest BCUT2D eigenvalue weighted by Gasteiger charge is -2.10. The van der Waals surface area contributed by atoms with Gasteiger partial charge in [0.25, 0.3) is 0 Å². The Labute approximate surface area is 112 Å². The number of hydrogen-bond donors (Lipinski definition) is 0. The molecule has 1 aromatic heterocycles. The molecule has 19 heavy (non-hydrogen) atoms. The predicted molar refractivity (Wildman–Crippen MR) is 61.5 cm³/mol. The molecule has 0 aliphatic carbocycles.